The van der Waals surface area contributed by atoms with Gasteiger partial charge in [-0.15, -0.1) is 12.4 Å². The molecule has 2 rings (SSSR count). The zero-order valence-electron chi connectivity index (χ0n) is 13.4. The van der Waals surface area contributed by atoms with Crippen LogP contribution < -0.4 is 5.32 Å². The van der Waals surface area contributed by atoms with Crippen molar-refractivity contribution in [1.29, 1.82) is 0 Å². The van der Waals surface area contributed by atoms with Gasteiger partial charge in [-0.3, -0.25) is 20.0 Å². The molecular formula is C13H29ClN4S2. The summed E-state index contributed by atoms with van der Waals surface area (Å²) in [5, 5.41) is 3.72. The summed E-state index contributed by atoms with van der Waals surface area (Å²) < 4.78 is 0. The van der Waals surface area contributed by atoms with Gasteiger partial charge in [-0.1, -0.05) is 21.6 Å². The summed E-state index contributed by atoms with van der Waals surface area (Å²) in [6.45, 7) is 11.7. The Morgan fingerprint density at radius 1 is 1.10 bits per heavy atom. The monoisotopic (exact) mass is 340 g/mol. The molecule has 0 bridgehead atoms. The lowest BCUT2D eigenvalue weighted by atomic mass is 10.1. The first-order valence-electron chi connectivity index (χ1n) is 7.16. The van der Waals surface area contributed by atoms with Gasteiger partial charge in [-0.25, -0.2) is 0 Å². The van der Waals surface area contributed by atoms with Crippen LogP contribution >= 0.6 is 34.0 Å². The summed E-state index contributed by atoms with van der Waals surface area (Å²) in [5.74, 6) is 0. The molecule has 2 fully saturated rings. The number of rotatable bonds is 3. The number of hydrogen-bond acceptors (Lipinski definition) is 6. The molecule has 2 aliphatic rings. The number of piperazine rings is 1. The summed E-state index contributed by atoms with van der Waals surface area (Å²) >= 11 is 0. The Bertz CT molecular complexity index is 294. The Labute approximate surface area is 138 Å². The normalized spacial score (nSPS) is 36.6. The number of halogens is 1. The smallest absolute Gasteiger partial charge is 0.121 e. The molecule has 2 heterocycles. The first-order chi connectivity index (χ1) is 8.90. The molecule has 0 aromatic rings. The topological polar surface area (TPSA) is 21.8 Å². The van der Waals surface area contributed by atoms with Crippen molar-refractivity contribution >= 4 is 34.0 Å². The van der Waals surface area contributed by atoms with E-state index in [4.69, 9.17) is 0 Å². The predicted molar refractivity (Wildman–Crippen MR) is 94.3 cm³/mol. The number of hydrogen-bond donors (Lipinski definition) is 1. The van der Waals surface area contributed by atoms with Gasteiger partial charge in [0.2, 0.25) is 0 Å². The first kappa shape index (κ1) is 18.9. The third-order valence-corrected chi connectivity index (χ3v) is 6.85. The van der Waals surface area contributed by atoms with E-state index in [2.05, 4.69) is 61.8 Å². The van der Waals surface area contributed by atoms with Crippen LogP contribution in [0, 0.1) is 0 Å². The standard InChI is InChI=1S/C13H28N4S2.ClH/c1-9(2)16-7-10(3)17(11(4)8-16)13-14-12(15(5)6)18-19-13;/h9-14H,7-8H2,1-6H3;1H. The van der Waals surface area contributed by atoms with Gasteiger partial charge in [-0.05, 0) is 41.8 Å². The van der Waals surface area contributed by atoms with Crippen molar-refractivity contribution in [1.82, 2.24) is 20.0 Å². The van der Waals surface area contributed by atoms with E-state index in [1.165, 1.54) is 13.1 Å². The maximum Gasteiger partial charge on any atom is 0.121 e. The minimum Gasteiger partial charge on any atom is -0.298 e. The molecule has 0 amide bonds. The van der Waals surface area contributed by atoms with Gasteiger partial charge in [0.15, 0.2) is 0 Å². The summed E-state index contributed by atoms with van der Waals surface area (Å²) in [6, 6.07) is 1.87. The van der Waals surface area contributed by atoms with E-state index in [0.717, 1.165) is 0 Å². The highest BCUT2D eigenvalue weighted by Crippen LogP contribution is 2.40. The zero-order chi connectivity index (χ0) is 14.2. The van der Waals surface area contributed by atoms with Crippen molar-refractivity contribution in [2.45, 2.75) is 56.8 Å². The van der Waals surface area contributed by atoms with Gasteiger partial charge in [-0.2, -0.15) is 0 Å². The van der Waals surface area contributed by atoms with Crippen LogP contribution in [0.15, 0.2) is 0 Å². The summed E-state index contributed by atoms with van der Waals surface area (Å²) in [6.07, 6.45) is 0. The van der Waals surface area contributed by atoms with Gasteiger partial charge in [0.05, 0.1) is 0 Å². The Morgan fingerprint density at radius 2 is 1.65 bits per heavy atom. The molecule has 0 saturated carbocycles. The largest absolute Gasteiger partial charge is 0.298 e. The Balaban J connectivity index is 0.00000200. The molecule has 20 heavy (non-hydrogen) atoms. The van der Waals surface area contributed by atoms with E-state index < -0.39 is 0 Å². The van der Waals surface area contributed by atoms with Crippen LogP contribution in [-0.4, -0.2) is 71.0 Å². The lowest BCUT2D eigenvalue weighted by Crippen LogP contribution is -2.63. The zero-order valence-corrected chi connectivity index (χ0v) is 15.8. The van der Waals surface area contributed by atoms with Crippen molar-refractivity contribution in [3.63, 3.8) is 0 Å². The second-order valence-electron chi connectivity index (χ2n) is 6.22. The molecule has 1 N–H and O–H groups in total. The van der Waals surface area contributed by atoms with Crippen molar-refractivity contribution in [3.05, 3.63) is 0 Å². The molecule has 0 aromatic carbocycles. The fraction of sp³-hybridized carbons (Fsp3) is 1.00. The lowest BCUT2D eigenvalue weighted by molar-refractivity contribution is 0.00693. The third-order valence-electron chi connectivity index (χ3n) is 4.01. The molecular weight excluding hydrogens is 312 g/mol. The maximum absolute atomic E-state index is 3.72. The molecule has 0 aliphatic carbocycles. The fourth-order valence-electron chi connectivity index (χ4n) is 2.91. The van der Waals surface area contributed by atoms with Crippen LogP contribution in [0.5, 0.6) is 0 Å². The fourth-order valence-corrected chi connectivity index (χ4v) is 6.05. The maximum atomic E-state index is 3.72. The van der Waals surface area contributed by atoms with Crippen LogP contribution in [0.1, 0.15) is 27.7 Å². The summed E-state index contributed by atoms with van der Waals surface area (Å²) in [7, 11) is 8.19. The predicted octanol–water partition coefficient (Wildman–Crippen LogP) is 2.32. The molecule has 0 radical (unpaired) electrons. The van der Waals surface area contributed by atoms with Crippen LogP contribution in [0.2, 0.25) is 0 Å². The highest BCUT2D eigenvalue weighted by molar-refractivity contribution is 8.77. The second kappa shape index (κ2) is 7.90. The molecule has 120 valence electrons. The minimum atomic E-state index is 0. The lowest BCUT2D eigenvalue weighted by Gasteiger charge is -2.48. The molecule has 0 spiro atoms. The molecule has 4 unspecified atom stereocenters. The number of nitrogens with one attached hydrogen (secondary N) is 1. The van der Waals surface area contributed by atoms with E-state index >= 15 is 0 Å². The minimum absolute atomic E-state index is 0. The van der Waals surface area contributed by atoms with Crippen LogP contribution in [0.25, 0.3) is 0 Å². The van der Waals surface area contributed by atoms with Crippen molar-refractivity contribution < 1.29 is 0 Å². The molecule has 2 saturated heterocycles. The highest BCUT2D eigenvalue weighted by Gasteiger charge is 2.39. The average molecular weight is 341 g/mol. The highest BCUT2D eigenvalue weighted by atomic mass is 35.5. The van der Waals surface area contributed by atoms with Crippen LogP contribution in [0.3, 0.4) is 0 Å². The van der Waals surface area contributed by atoms with E-state index in [1.54, 1.807) is 0 Å². The van der Waals surface area contributed by atoms with Gasteiger partial charge in [0.1, 0.15) is 11.0 Å². The Morgan fingerprint density at radius 3 is 2.05 bits per heavy atom. The summed E-state index contributed by atoms with van der Waals surface area (Å²) in [4.78, 5) is 7.50. The van der Waals surface area contributed by atoms with Gasteiger partial charge >= 0.3 is 0 Å². The quantitative estimate of drug-likeness (QED) is 0.790. The van der Waals surface area contributed by atoms with E-state index in [1.807, 2.05) is 21.6 Å². The van der Waals surface area contributed by atoms with E-state index in [9.17, 15) is 0 Å². The third kappa shape index (κ3) is 4.18. The summed E-state index contributed by atoms with van der Waals surface area (Å²) in [5.41, 5.74) is 0.870. The molecule has 0 aromatic heterocycles. The van der Waals surface area contributed by atoms with E-state index in [0.29, 0.717) is 29.1 Å². The van der Waals surface area contributed by atoms with Gasteiger partial charge < -0.3 is 0 Å². The van der Waals surface area contributed by atoms with Crippen molar-refractivity contribution in [2.24, 2.45) is 0 Å². The Kier molecular flexibility index (Phi) is 7.46. The van der Waals surface area contributed by atoms with Crippen LogP contribution in [-0.2, 0) is 0 Å². The van der Waals surface area contributed by atoms with E-state index in [-0.39, 0.29) is 12.4 Å². The first-order valence-corrected chi connectivity index (χ1v) is 9.44. The van der Waals surface area contributed by atoms with Gasteiger partial charge in [0.25, 0.3) is 0 Å². The van der Waals surface area contributed by atoms with Gasteiger partial charge in [0, 0.05) is 31.2 Å². The van der Waals surface area contributed by atoms with Crippen molar-refractivity contribution in [3.8, 4) is 0 Å². The molecule has 2 aliphatic heterocycles. The molecule has 4 nitrogen and oxygen atoms in total. The average Bonchev–Trinajstić information content (AvgIpc) is 2.77. The molecule has 7 heteroatoms. The number of nitrogens with zero attached hydrogens (tertiary/aromatic N) is 3. The second-order valence-corrected chi connectivity index (χ2v) is 8.65. The molecule has 4 atom stereocenters. The SMILES string of the molecule is CC(C)N1CC(C)N(C2NC(N(C)C)SS2)C(C)C1.Cl. The Hall–Kier alpha value is 0.830. The van der Waals surface area contributed by atoms with Crippen molar-refractivity contribution in [2.75, 3.05) is 27.2 Å². The van der Waals surface area contributed by atoms with Crippen LogP contribution in [0.4, 0.5) is 0 Å².